The van der Waals surface area contributed by atoms with Gasteiger partial charge < -0.3 is 10.0 Å². The predicted molar refractivity (Wildman–Crippen MR) is 105 cm³/mol. The van der Waals surface area contributed by atoms with E-state index in [0.717, 1.165) is 18.1 Å². The first kappa shape index (κ1) is 18.5. The second-order valence-electron chi connectivity index (χ2n) is 6.55. The number of benzene rings is 2. The minimum atomic E-state index is -0.944. The average molecular weight is 369 g/mol. The van der Waals surface area contributed by atoms with Gasteiger partial charge in [-0.05, 0) is 30.5 Å². The molecule has 1 N–H and O–H groups in total. The number of hydrogen-bond donors (Lipinski definition) is 1. The van der Waals surface area contributed by atoms with E-state index >= 15 is 0 Å². The Morgan fingerprint density at radius 1 is 1.15 bits per heavy atom. The van der Waals surface area contributed by atoms with Gasteiger partial charge in [0.25, 0.3) is 0 Å². The molecule has 0 saturated carbocycles. The van der Waals surface area contributed by atoms with E-state index in [0.29, 0.717) is 18.4 Å². The van der Waals surface area contributed by atoms with Crippen LogP contribution in [0.25, 0.3) is 0 Å². The molecule has 0 spiro atoms. The number of aryl methyl sites for hydroxylation is 2. The zero-order valence-electron chi connectivity index (χ0n) is 14.9. The van der Waals surface area contributed by atoms with E-state index < -0.39 is 5.97 Å². The van der Waals surface area contributed by atoms with Gasteiger partial charge in [-0.2, -0.15) is 11.8 Å². The van der Waals surface area contributed by atoms with Crippen molar-refractivity contribution >= 4 is 23.6 Å². The Morgan fingerprint density at radius 2 is 1.88 bits per heavy atom. The first-order valence-electron chi connectivity index (χ1n) is 8.81. The lowest BCUT2D eigenvalue weighted by atomic mass is 10.0. The largest absolute Gasteiger partial charge is 0.478 e. The molecule has 1 unspecified atom stereocenters. The van der Waals surface area contributed by atoms with E-state index in [2.05, 4.69) is 31.2 Å². The lowest BCUT2D eigenvalue weighted by Gasteiger charge is -2.36. The summed E-state index contributed by atoms with van der Waals surface area (Å²) in [5.41, 5.74) is 3.37. The summed E-state index contributed by atoms with van der Waals surface area (Å²) in [5, 5.41) is 9.29. The van der Waals surface area contributed by atoms with E-state index in [-0.39, 0.29) is 17.5 Å². The molecule has 4 nitrogen and oxygen atoms in total. The van der Waals surface area contributed by atoms with Gasteiger partial charge in [-0.1, -0.05) is 48.0 Å². The molecule has 5 heteroatoms. The molecule has 1 fully saturated rings. The minimum absolute atomic E-state index is 0.0936. The summed E-state index contributed by atoms with van der Waals surface area (Å²) in [4.78, 5) is 26.2. The van der Waals surface area contributed by atoms with Crippen LogP contribution in [-0.4, -0.2) is 39.9 Å². The number of carbonyl (C=O) groups excluding carboxylic acids is 1. The summed E-state index contributed by atoms with van der Waals surface area (Å²) in [6.45, 7) is 2.80. The van der Waals surface area contributed by atoms with Crippen LogP contribution in [0.5, 0.6) is 0 Å². The number of aromatic carboxylic acids is 1. The number of nitrogens with zero attached hydrogens (tertiary/aromatic N) is 1. The Bertz CT molecular complexity index is 788. The standard InChI is InChI=1S/C21H23NO3S/c1-15-6-8-17(9-7-15)19-14-26-13-12-22(19)20(23)11-10-16-4-2-3-5-18(16)21(24)25/h2-9,19H,10-14H2,1H3,(H,24,25). The van der Waals surface area contributed by atoms with Gasteiger partial charge in [-0.25, -0.2) is 4.79 Å². The highest BCUT2D eigenvalue weighted by Gasteiger charge is 2.28. The molecule has 26 heavy (non-hydrogen) atoms. The van der Waals surface area contributed by atoms with Crippen molar-refractivity contribution in [3.8, 4) is 0 Å². The number of amides is 1. The molecular formula is C21H23NO3S. The maximum Gasteiger partial charge on any atom is 0.335 e. The number of carboxylic acids is 1. The summed E-state index contributed by atoms with van der Waals surface area (Å²) < 4.78 is 0. The first-order valence-corrected chi connectivity index (χ1v) is 9.96. The van der Waals surface area contributed by atoms with Gasteiger partial charge in [0, 0.05) is 24.5 Å². The zero-order valence-corrected chi connectivity index (χ0v) is 15.7. The number of rotatable bonds is 5. The van der Waals surface area contributed by atoms with Gasteiger partial charge in [0.15, 0.2) is 0 Å². The average Bonchev–Trinajstić information content (AvgIpc) is 2.67. The fraction of sp³-hybridized carbons (Fsp3) is 0.333. The second-order valence-corrected chi connectivity index (χ2v) is 7.70. The molecule has 1 heterocycles. The van der Waals surface area contributed by atoms with Crippen molar-refractivity contribution in [2.24, 2.45) is 0 Å². The molecule has 136 valence electrons. The maximum atomic E-state index is 12.9. The molecule has 1 atom stereocenters. The fourth-order valence-electron chi connectivity index (χ4n) is 3.30. The lowest BCUT2D eigenvalue weighted by Crippen LogP contribution is -2.40. The molecule has 0 radical (unpaired) electrons. The van der Waals surface area contributed by atoms with Gasteiger partial charge in [0.05, 0.1) is 11.6 Å². The third-order valence-corrected chi connectivity index (χ3v) is 5.79. The van der Waals surface area contributed by atoms with Crippen molar-refractivity contribution in [1.82, 2.24) is 4.90 Å². The van der Waals surface area contributed by atoms with Crippen LogP contribution in [0.1, 0.15) is 39.5 Å². The maximum absolute atomic E-state index is 12.9. The third-order valence-electron chi connectivity index (χ3n) is 4.77. The molecule has 0 aromatic heterocycles. The third kappa shape index (κ3) is 4.28. The van der Waals surface area contributed by atoms with E-state index in [4.69, 9.17) is 0 Å². The van der Waals surface area contributed by atoms with Gasteiger partial charge >= 0.3 is 5.97 Å². The first-order chi connectivity index (χ1) is 12.6. The highest BCUT2D eigenvalue weighted by atomic mass is 32.2. The fourth-order valence-corrected chi connectivity index (χ4v) is 4.39. The highest BCUT2D eigenvalue weighted by molar-refractivity contribution is 7.99. The van der Waals surface area contributed by atoms with Crippen molar-refractivity contribution in [2.75, 3.05) is 18.1 Å². The molecule has 0 aliphatic carbocycles. The Morgan fingerprint density at radius 3 is 2.62 bits per heavy atom. The van der Waals surface area contributed by atoms with Crippen molar-refractivity contribution in [1.29, 1.82) is 0 Å². The molecule has 1 saturated heterocycles. The number of thioether (sulfide) groups is 1. The van der Waals surface area contributed by atoms with Gasteiger partial charge in [0.1, 0.15) is 0 Å². The van der Waals surface area contributed by atoms with Gasteiger partial charge in [-0.15, -0.1) is 0 Å². The number of carbonyl (C=O) groups is 2. The summed E-state index contributed by atoms with van der Waals surface area (Å²) >= 11 is 1.87. The van der Waals surface area contributed by atoms with Crippen LogP contribution in [-0.2, 0) is 11.2 Å². The molecule has 1 aliphatic rings. The topological polar surface area (TPSA) is 57.6 Å². The van der Waals surface area contributed by atoms with Crippen LogP contribution < -0.4 is 0 Å². The Hall–Kier alpha value is -2.27. The molecule has 0 bridgehead atoms. The van der Waals surface area contributed by atoms with E-state index in [1.165, 1.54) is 11.1 Å². The molecular weight excluding hydrogens is 346 g/mol. The van der Waals surface area contributed by atoms with Crippen LogP contribution in [0, 0.1) is 6.92 Å². The summed E-state index contributed by atoms with van der Waals surface area (Å²) in [6.07, 6.45) is 0.781. The SMILES string of the molecule is Cc1ccc(C2CSCCN2C(=O)CCc2ccccc2C(=O)O)cc1. The van der Waals surface area contributed by atoms with Crippen LogP contribution >= 0.6 is 11.8 Å². The summed E-state index contributed by atoms with van der Waals surface area (Å²) in [5.74, 6) is 0.997. The molecule has 1 aliphatic heterocycles. The summed E-state index contributed by atoms with van der Waals surface area (Å²) in [6, 6.07) is 15.4. The Balaban J connectivity index is 1.71. The normalized spacial score (nSPS) is 17.1. The van der Waals surface area contributed by atoms with Crippen LogP contribution in [0.4, 0.5) is 0 Å². The van der Waals surface area contributed by atoms with Crippen LogP contribution in [0.2, 0.25) is 0 Å². The van der Waals surface area contributed by atoms with Gasteiger partial charge in [0.2, 0.25) is 5.91 Å². The minimum Gasteiger partial charge on any atom is -0.478 e. The molecule has 2 aromatic carbocycles. The molecule has 2 aromatic rings. The highest BCUT2D eigenvalue weighted by Crippen LogP contribution is 2.30. The Labute approximate surface area is 158 Å². The van der Waals surface area contributed by atoms with E-state index in [1.54, 1.807) is 18.2 Å². The second kappa shape index (κ2) is 8.41. The number of carboxylic acid groups (broad SMARTS) is 1. The predicted octanol–water partition coefficient (Wildman–Crippen LogP) is 3.94. The van der Waals surface area contributed by atoms with Crippen LogP contribution in [0.15, 0.2) is 48.5 Å². The smallest absolute Gasteiger partial charge is 0.335 e. The zero-order chi connectivity index (χ0) is 18.5. The summed E-state index contributed by atoms with van der Waals surface area (Å²) in [7, 11) is 0. The lowest BCUT2D eigenvalue weighted by molar-refractivity contribution is -0.133. The Kier molecular flexibility index (Phi) is 5.99. The van der Waals surface area contributed by atoms with Crippen molar-refractivity contribution in [3.63, 3.8) is 0 Å². The molecule has 1 amide bonds. The number of hydrogen-bond acceptors (Lipinski definition) is 3. The van der Waals surface area contributed by atoms with Crippen molar-refractivity contribution < 1.29 is 14.7 Å². The monoisotopic (exact) mass is 369 g/mol. The van der Waals surface area contributed by atoms with Crippen LogP contribution in [0.3, 0.4) is 0 Å². The van der Waals surface area contributed by atoms with E-state index in [9.17, 15) is 14.7 Å². The van der Waals surface area contributed by atoms with Crippen molar-refractivity contribution in [2.45, 2.75) is 25.8 Å². The van der Waals surface area contributed by atoms with Gasteiger partial charge in [-0.3, -0.25) is 4.79 Å². The van der Waals surface area contributed by atoms with Crippen molar-refractivity contribution in [3.05, 3.63) is 70.8 Å². The molecule has 3 rings (SSSR count). The van der Waals surface area contributed by atoms with E-state index in [1.807, 2.05) is 22.7 Å². The quantitative estimate of drug-likeness (QED) is 0.867.